The lowest BCUT2D eigenvalue weighted by atomic mass is 10.0. The van der Waals surface area contributed by atoms with Gasteiger partial charge in [-0.2, -0.15) is 0 Å². The zero-order chi connectivity index (χ0) is 18.0. The molecule has 2 N–H and O–H groups in total. The summed E-state index contributed by atoms with van der Waals surface area (Å²) in [5.41, 5.74) is 0.910. The van der Waals surface area contributed by atoms with Gasteiger partial charge in [0.2, 0.25) is 0 Å². The smallest absolute Gasteiger partial charge is 0.328 e. The summed E-state index contributed by atoms with van der Waals surface area (Å²) < 4.78 is 0. The van der Waals surface area contributed by atoms with Gasteiger partial charge in [0, 0.05) is 12.5 Å². The Balaban J connectivity index is 3.78. The minimum absolute atomic E-state index is 0.277. The first kappa shape index (κ1) is 22.4. The molecule has 0 atom stereocenters. The molecule has 138 valence electrons. The largest absolute Gasteiger partial charge is 0.481 e. The van der Waals surface area contributed by atoms with Crippen molar-refractivity contribution < 1.29 is 19.8 Å². The van der Waals surface area contributed by atoms with Crippen LogP contribution < -0.4 is 0 Å². The van der Waals surface area contributed by atoms with Gasteiger partial charge >= 0.3 is 11.9 Å². The second-order valence-corrected chi connectivity index (χ2v) is 6.32. The van der Waals surface area contributed by atoms with Crippen LogP contribution in [0.3, 0.4) is 0 Å². The van der Waals surface area contributed by atoms with Gasteiger partial charge in [-0.15, -0.1) is 0 Å². The number of carboxylic acids is 2. The van der Waals surface area contributed by atoms with Crippen LogP contribution in [0.5, 0.6) is 0 Å². The molecule has 4 nitrogen and oxygen atoms in total. The first-order chi connectivity index (χ1) is 11.6. The molecule has 0 bridgehead atoms. The van der Waals surface area contributed by atoms with Gasteiger partial charge in [-0.3, -0.25) is 4.79 Å². The third-order valence-corrected chi connectivity index (χ3v) is 3.97. The summed E-state index contributed by atoms with van der Waals surface area (Å²) in [7, 11) is 0. The van der Waals surface area contributed by atoms with E-state index in [1.165, 1.54) is 18.9 Å². The van der Waals surface area contributed by atoms with Crippen LogP contribution in [0.15, 0.2) is 23.8 Å². The van der Waals surface area contributed by atoms with Crippen LogP contribution in [0.1, 0.15) is 90.4 Å². The zero-order valence-corrected chi connectivity index (χ0v) is 15.1. The number of hydrogen-bond donors (Lipinski definition) is 2. The molecular formula is C20H34O4. The van der Waals surface area contributed by atoms with Crippen molar-refractivity contribution in [2.45, 2.75) is 90.4 Å². The molecule has 0 aromatic heterocycles. The number of carboxylic acid groups (broad SMARTS) is 2. The second kappa shape index (κ2) is 16.3. The molecule has 0 aromatic carbocycles. The van der Waals surface area contributed by atoms with Crippen molar-refractivity contribution in [2.24, 2.45) is 0 Å². The van der Waals surface area contributed by atoms with Crippen molar-refractivity contribution in [1.29, 1.82) is 0 Å². The molecule has 0 fully saturated rings. The SMILES string of the molecule is CCCCCCC(C=CCCCCCCCCC(=O)O)=CC(=O)O. The summed E-state index contributed by atoms with van der Waals surface area (Å²) in [6, 6.07) is 0. The fourth-order valence-corrected chi connectivity index (χ4v) is 2.60. The van der Waals surface area contributed by atoms with Gasteiger partial charge < -0.3 is 10.2 Å². The molecule has 0 unspecified atom stereocenters. The molecule has 0 aromatic rings. The summed E-state index contributed by atoms with van der Waals surface area (Å²) in [5.74, 6) is -1.58. The number of carbonyl (C=O) groups is 2. The van der Waals surface area contributed by atoms with E-state index in [0.29, 0.717) is 0 Å². The average Bonchev–Trinajstić information content (AvgIpc) is 2.52. The Kier molecular flexibility index (Phi) is 15.2. The van der Waals surface area contributed by atoms with Crippen molar-refractivity contribution in [1.82, 2.24) is 0 Å². The third-order valence-electron chi connectivity index (χ3n) is 3.97. The molecule has 4 heteroatoms. The van der Waals surface area contributed by atoms with Crippen LogP contribution in [-0.2, 0) is 9.59 Å². The molecule has 0 aliphatic heterocycles. The standard InChI is InChI=1S/C20H34O4/c1-2-3-4-11-14-18(17-20(23)24)15-12-9-7-5-6-8-10-13-16-19(21)22/h12,15,17H,2-11,13-14,16H2,1H3,(H,21,22)(H,23,24). The summed E-state index contributed by atoms with van der Waals surface area (Å²) >= 11 is 0. The predicted molar refractivity (Wildman–Crippen MR) is 98.2 cm³/mol. The topological polar surface area (TPSA) is 74.6 Å². The third kappa shape index (κ3) is 16.8. The lowest BCUT2D eigenvalue weighted by Gasteiger charge is -2.02. The number of unbranched alkanes of at least 4 members (excludes halogenated alkanes) is 9. The Morgan fingerprint density at radius 3 is 2.00 bits per heavy atom. The van der Waals surface area contributed by atoms with Crippen molar-refractivity contribution >= 4 is 11.9 Å². The first-order valence-corrected chi connectivity index (χ1v) is 9.38. The van der Waals surface area contributed by atoms with E-state index in [-0.39, 0.29) is 6.42 Å². The molecule has 0 rings (SSSR count). The predicted octanol–water partition coefficient (Wildman–Crippen LogP) is 5.73. The van der Waals surface area contributed by atoms with E-state index in [2.05, 4.69) is 13.0 Å². The fourth-order valence-electron chi connectivity index (χ4n) is 2.60. The Morgan fingerprint density at radius 1 is 0.792 bits per heavy atom. The molecular weight excluding hydrogens is 304 g/mol. The van der Waals surface area contributed by atoms with E-state index >= 15 is 0 Å². The highest BCUT2D eigenvalue weighted by molar-refractivity contribution is 5.81. The van der Waals surface area contributed by atoms with E-state index in [4.69, 9.17) is 10.2 Å². The van der Waals surface area contributed by atoms with Gasteiger partial charge in [-0.25, -0.2) is 4.79 Å². The lowest BCUT2D eigenvalue weighted by molar-refractivity contribution is -0.137. The molecule has 0 heterocycles. The number of rotatable bonds is 16. The number of allylic oxidation sites excluding steroid dienone is 3. The van der Waals surface area contributed by atoms with Gasteiger partial charge in [0.05, 0.1) is 0 Å². The Morgan fingerprint density at radius 2 is 1.38 bits per heavy atom. The Labute approximate surface area is 146 Å². The van der Waals surface area contributed by atoms with Crippen LogP contribution in [0, 0.1) is 0 Å². The highest BCUT2D eigenvalue weighted by atomic mass is 16.4. The quantitative estimate of drug-likeness (QED) is 0.214. The molecule has 0 aliphatic rings. The number of hydrogen-bond acceptors (Lipinski definition) is 2. The van der Waals surface area contributed by atoms with E-state index in [1.54, 1.807) is 0 Å². The Bertz CT molecular complexity index is 396. The van der Waals surface area contributed by atoms with Gasteiger partial charge in [0.25, 0.3) is 0 Å². The zero-order valence-electron chi connectivity index (χ0n) is 15.1. The molecule has 0 radical (unpaired) electrons. The average molecular weight is 338 g/mol. The van der Waals surface area contributed by atoms with Crippen molar-refractivity contribution in [3.8, 4) is 0 Å². The van der Waals surface area contributed by atoms with Crippen molar-refractivity contribution in [3.63, 3.8) is 0 Å². The molecule has 24 heavy (non-hydrogen) atoms. The molecule has 0 aliphatic carbocycles. The van der Waals surface area contributed by atoms with Crippen LogP contribution in [0.4, 0.5) is 0 Å². The van der Waals surface area contributed by atoms with E-state index in [0.717, 1.165) is 69.8 Å². The Hall–Kier alpha value is -1.58. The minimum Gasteiger partial charge on any atom is -0.481 e. The maximum atomic E-state index is 10.9. The summed E-state index contributed by atoms with van der Waals surface area (Å²) in [6.07, 6.45) is 18.3. The molecule has 0 spiro atoms. The van der Waals surface area contributed by atoms with E-state index in [1.807, 2.05) is 6.08 Å². The van der Waals surface area contributed by atoms with E-state index < -0.39 is 11.9 Å². The van der Waals surface area contributed by atoms with Crippen LogP contribution >= 0.6 is 0 Å². The van der Waals surface area contributed by atoms with Gasteiger partial charge in [-0.05, 0) is 37.7 Å². The highest BCUT2D eigenvalue weighted by Gasteiger charge is 1.98. The minimum atomic E-state index is -0.869. The normalized spacial score (nSPS) is 12.0. The van der Waals surface area contributed by atoms with Gasteiger partial charge in [0.15, 0.2) is 0 Å². The second-order valence-electron chi connectivity index (χ2n) is 6.32. The molecule has 0 saturated heterocycles. The summed E-state index contributed by atoms with van der Waals surface area (Å²) in [4.78, 5) is 21.2. The van der Waals surface area contributed by atoms with Crippen molar-refractivity contribution in [3.05, 3.63) is 23.8 Å². The van der Waals surface area contributed by atoms with Crippen molar-refractivity contribution in [2.75, 3.05) is 0 Å². The monoisotopic (exact) mass is 338 g/mol. The number of aliphatic carboxylic acids is 2. The first-order valence-electron chi connectivity index (χ1n) is 9.38. The summed E-state index contributed by atoms with van der Waals surface area (Å²) in [6.45, 7) is 2.17. The highest BCUT2D eigenvalue weighted by Crippen LogP contribution is 2.13. The van der Waals surface area contributed by atoms with E-state index in [9.17, 15) is 9.59 Å². The maximum Gasteiger partial charge on any atom is 0.328 e. The van der Waals surface area contributed by atoms with Crippen LogP contribution in [-0.4, -0.2) is 22.2 Å². The lowest BCUT2D eigenvalue weighted by Crippen LogP contribution is -1.93. The van der Waals surface area contributed by atoms with Gasteiger partial charge in [0.1, 0.15) is 0 Å². The molecule has 0 saturated carbocycles. The molecule has 0 amide bonds. The summed E-state index contributed by atoms with van der Waals surface area (Å²) in [5, 5.41) is 17.5. The maximum absolute atomic E-state index is 10.9. The van der Waals surface area contributed by atoms with Gasteiger partial charge in [-0.1, -0.05) is 64.0 Å². The van der Waals surface area contributed by atoms with Crippen LogP contribution in [0.25, 0.3) is 0 Å². The fraction of sp³-hybridized carbons (Fsp3) is 0.700. The van der Waals surface area contributed by atoms with Crippen LogP contribution in [0.2, 0.25) is 0 Å².